The molecule has 3 heteroatoms. The number of aliphatic hydroxyl groups is 1. The first kappa shape index (κ1) is 16.6. The maximum absolute atomic E-state index is 9.79. The van der Waals surface area contributed by atoms with E-state index in [9.17, 15) is 5.11 Å². The van der Waals surface area contributed by atoms with Crippen LogP contribution in [0.4, 0.5) is 0 Å². The monoisotopic (exact) mass is 244 g/mol. The second-order valence-electron chi connectivity index (χ2n) is 4.03. The number of aliphatic hydroxyl groups excluding tert-OH is 1. The zero-order valence-corrected chi connectivity index (χ0v) is 11.5. The summed E-state index contributed by atoms with van der Waals surface area (Å²) in [5, 5.41) is 9.79. The summed E-state index contributed by atoms with van der Waals surface area (Å²) in [6, 6.07) is 0. The van der Waals surface area contributed by atoms with Gasteiger partial charge in [-0.2, -0.15) is 0 Å². The molecule has 1 N–H and O–H groups in total. The molecule has 0 fully saturated rings. The summed E-state index contributed by atoms with van der Waals surface area (Å²) in [5.74, 6) is 0. The molecule has 1 unspecified atom stereocenters. The fraction of sp³-hybridized carbons (Fsp3) is 0.857. The molecule has 0 aliphatic rings. The third kappa shape index (κ3) is 10.5. The number of hydrogen-bond donors (Lipinski definition) is 1. The summed E-state index contributed by atoms with van der Waals surface area (Å²) >= 11 is 0. The van der Waals surface area contributed by atoms with Crippen molar-refractivity contribution in [3.63, 3.8) is 0 Å². The topological polar surface area (TPSA) is 38.7 Å². The standard InChI is InChI=1S/C14H28O3/c1-4-7-8-9-10-13(15)11-12-14(16-5-2)17-6-3/h7-8,13-15H,4-6,9-12H2,1-3H3/b8-7-. The molecular formula is C14H28O3. The summed E-state index contributed by atoms with van der Waals surface area (Å²) in [5.41, 5.74) is 0. The van der Waals surface area contributed by atoms with Crippen molar-refractivity contribution < 1.29 is 14.6 Å². The summed E-state index contributed by atoms with van der Waals surface area (Å²) in [6.07, 6.45) is 8.19. The highest BCUT2D eigenvalue weighted by molar-refractivity contribution is 4.80. The minimum atomic E-state index is -0.250. The Morgan fingerprint density at radius 2 is 1.59 bits per heavy atom. The van der Waals surface area contributed by atoms with Crippen LogP contribution in [0.1, 0.15) is 52.9 Å². The van der Waals surface area contributed by atoms with E-state index >= 15 is 0 Å². The van der Waals surface area contributed by atoms with Gasteiger partial charge in [0.15, 0.2) is 6.29 Å². The molecule has 0 amide bonds. The van der Waals surface area contributed by atoms with Crippen molar-refractivity contribution in [3.05, 3.63) is 12.2 Å². The molecule has 0 radical (unpaired) electrons. The van der Waals surface area contributed by atoms with Crippen LogP contribution in [0.3, 0.4) is 0 Å². The summed E-state index contributed by atoms with van der Waals surface area (Å²) in [7, 11) is 0. The molecule has 0 aliphatic heterocycles. The van der Waals surface area contributed by atoms with Gasteiger partial charge in [0.2, 0.25) is 0 Å². The maximum atomic E-state index is 9.79. The zero-order valence-electron chi connectivity index (χ0n) is 11.5. The fourth-order valence-electron chi connectivity index (χ4n) is 1.63. The Balaban J connectivity index is 3.63. The molecule has 0 aromatic heterocycles. The Hall–Kier alpha value is -0.380. The number of allylic oxidation sites excluding steroid dienone is 2. The van der Waals surface area contributed by atoms with Gasteiger partial charge in [0, 0.05) is 19.6 Å². The lowest BCUT2D eigenvalue weighted by Crippen LogP contribution is -2.20. The molecule has 0 aromatic rings. The van der Waals surface area contributed by atoms with Gasteiger partial charge in [0.25, 0.3) is 0 Å². The molecule has 0 bridgehead atoms. The number of rotatable bonds is 11. The van der Waals surface area contributed by atoms with Crippen LogP contribution in [-0.4, -0.2) is 30.7 Å². The highest BCUT2D eigenvalue weighted by Crippen LogP contribution is 2.11. The van der Waals surface area contributed by atoms with Crippen LogP contribution in [-0.2, 0) is 9.47 Å². The number of ether oxygens (including phenoxy) is 2. The zero-order chi connectivity index (χ0) is 12.9. The van der Waals surface area contributed by atoms with Crippen molar-refractivity contribution in [2.75, 3.05) is 13.2 Å². The van der Waals surface area contributed by atoms with Gasteiger partial charge in [-0.05, 0) is 39.5 Å². The van der Waals surface area contributed by atoms with Gasteiger partial charge in [-0.15, -0.1) is 0 Å². The van der Waals surface area contributed by atoms with Crippen molar-refractivity contribution >= 4 is 0 Å². The predicted molar refractivity (Wildman–Crippen MR) is 70.9 cm³/mol. The van der Waals surface area contributed by atoms with E-state index in [4.69, 9.17) is 9.47 Å². The Morgan fingerprint density at radius 1 is 0.941 bits per heavy atom. The molecule has 0 spiro atoms. The van der Waals surface area contributed by atoms with E-state index in [0.717, 1.165) is 32.1 Å². The average Bonchev–Trinajstić information content (AvgIpc) is 2.32. The van der Waals surface area contributed by atoms with Crippen molar-refractivity contribution in [1.29, 1.82) is 0 Å². The average molecular weight is 244 g/mol. The molecule has 0 aromatic carbocycles. The lowest BCUT2D eigenvalue weighted by atomic mass is 10.1. The number of hydrogen-bond acceptors (Lipinski definition) is 3. The van der Waals surface area contributed by atoms with Crippen LogP contribution in [0.15, 0.2) is 12.2 Å². The van der Waals surface area contributed by atoms with Gasteiger partial charge in [-0.25, -0.2) is 0 Å². The Bertz CT molecular complexity index is 174. The quantitative estimate of drug-likeness (QED) is 0.448. The molecule has 0 saturated heterocycles. The van der Waals surface area contributed by atoms with E-state index in [1.165, 1.54) is 0 Å². The van der Waals surface area contributed by atoms with E-state index in [-0.39, 0.29) is 12.4 Å². The molecule has 1 atom stereocenters. The third-order valence-electron chi connectivity index (χ3n) is 2.51. The molecule has 0 saturated carbocycles. The molecular weight excluding hydrogens is 216 g/mol. The predicted octanol–water partition coefficient (Wildman–Crippen LogP) is 3.27. The molecule has 0 rings (SSSR count). The molecule has 0 heterocycles. The van der Waals surface area contributed by atoms with E-state index in [1.807, 2.05) is 13.8 Å². The smallest absolute Gasteiger partial charge is 0.157 e. The molecule has 0 aliphatic carbocycles. The minimum absolute atomic E-state index is 0.161. The Morgan fingerprint density at radius 3 is 2.12 bits per heavy atom. The van der Waals surface area contributed by atoms with Gasteiger partial charge in [0.05, 0.1) is 6.10 Å². The van der Waals surface area contributed by atoms with Gasteiger partial charge in [0.1, 0.15) is 0 Å². The Labute approximate surface area is 106 Å². The van der Waals surface area contributed by atoms with Gasteiger partial charge in [-0.1, -0.05) is 19.1 Å². The lowest BCUT2D eigenvalue weighted by Gasteiger charge is -2.18. The van der Waals surface area contributed by atoms with Crippen LogP contribution in [0.5, 0.6) is 0 Å². The van der Waals surface area contributed by atoms with Crippen LogP contribution in [0, 0.1) is 0 Å². The SMILES string of the molecule is CC/C=C\CCC(O)CCC(OCC)OCC. The minimum Gasteiger partial charge on any atom is -0.393 e. The second kappa shape index (κ2) is 12.1. The van der Waals surface area contributed by atoms with E-state index in [0.29, 0.717) is 13.2 Å². The fourth-order valence-corrected chi connectivity index (χ4v) is 1.63. The van der Waals surface area contributed by atoms with E-state index in [1.54, 1.807) is 0 Å². The Kier molecular flexibility index (Phi) is 11.8. The first-order valence-electron chi connectivity index (χ1n) is 6.80. The van der Waals surface area contributed by atoms with Crippen LogP contribution in [0.25, 0.3) is 0 Å². The second-order valence-corrected chi connectivity index (χ2v) is 4.03. The highest BCUT2D eigenvalue weighted by atomic mass is 16.7. The molecule has 17 heavy (non-hydrogen) atoms. The maximum Gasteiger partial charge on any atom is 0.157 e. The van der Waals surface area contributed by atoms with Gasteiger partial charge in [-0.3, -0.25) is 0 Å². The van der Waals surface area contributed by atoms with E-state index < -0.39 is 0 Å². The van der Waals surface area contributed by atoms with Crippen molar-refractivity contribution in [1.82, 2.24) is 0 Å². The lowest BCUT2D eigenvalue weighted by molar-refractivity contribution is -0.143. The van der Waals surface area contributed by atoms with E-state index in [2.05, 4.69) is 19.1 Å². The molecule has 3 nitrogen and oxygen atoms in total. The van der Waals surface area contributed by atoms with Crippen molar-refractivity contribution in [2.45, 2.75) is 65.3 Å². The van der Waals surface area contributed by atoms with Crippen LogP contribution < -0.4 is 0 Å². The van der Waals surface area contributed by atoms with Crippen LogP contribution >= 0.6 is 0 Å². The van der Waals surface area contributed by atoms with Crippen molar-refractivity contribution in [2.24, 2.45) is 0 Å². The van der Waals surface area contributed by atoms with Gasteiger partial charge >= 0.3 is 0 Å². The molecule has 102 valence electrons. The normalized spacial score (nSPS) is 13.7. The van der Waals surface area contributed by atoms with Gasteiger partial charge < -0.3 is 14.6 Å². The third-order valence-corrected chi connectivity index (χ3v) is 2.51. The summed E-state index contributed by atoms with van der Waals surface area (Å²) in [4.78, 5) is 0. The van der Waals surface area contributed by atoms with Crippen LogP contribution in [0.2, 0.25) is 0 Å². The first-order chi connectivity index (χ1) is 8.24. The summed E-state index contributed by atoms with van der Waals surface area (Å²) in [6.45, 7) is 7.33. The highest BCUT2D eigenvalue weighted by Gasteiger charge is 2.11. The van der Waals surface area contributed by atoms with Crippen molar-refractivity contribution in [3.8, 4) is 0 Å². The largest absolute Gasteiger partial charge is 0.393 e. The summed E-state index contributed by atoms with van der Waals surface area (Å²) < 4.78 is 10.9. The first-order valence-corrected chi connectivity index (χ1v) is 6.80.